The lowest BCUT2D eigenvalue weighted by Crippen LogP contribution is -1.92. The number of nitrogens with zero attached hydrogens (tertiary/aromatic N) is 1. The number of aromatic nitrogens is 1. The van der Waals surface area contributed by atoms with Crippen LogP contribution < -0.4 is 4.74 Å². The number of hydrogen-bond donors (Lipinski definition) is 1. The molecule has 0 radical (unpaired) electrons. The predicted octanol–water partition coefficient (Wildman–Crippen LogP) is 4.41. The van der Waals surface area contributed by atoms with Crippen LogP contribution in [0.1, 0.15) is 5.56 Å². The molecule has 0 atom stereocenters. The summed E-state index contributed by atoms with van der Waals surface area (Å²) in [6.07, 6.45) is 0. The second-order valence-corrected chi connectivity index (χ2v) is 5.77. The van der Waals surface area contributed by atoms with Crippen molar-refractivity contribution in [1.82, 2.24) is 5.16 Å². The molecular formula is C17H13BrFNO3. The third kappa shape index (κ3) is 3.00. The molecule has 23 heavy (non-hydrogen) atoms. The zero-order valence-electron chi connectivity index (χ0n) is 12.2. The summed E-state index contributed by atoms with van der Waals surface area (Å²) >= 11 is 3.30. The normalized spacial score (nSPS) is 10.8. The molecule has 0 saturated heterocycles. The first-order valence-corrected chi connectivity index (χ1v) is 7.62. The number of ether oxygens (including phenoxy) is 1. The van der Waals surface area contributed by atoms with E-state index in [1.165, 1.54) is 6.07 Å². The molecule has 0 unspecified atom stereocenters. The van der Waals surface area contributed by atoms with E-state index >= 15 is 0 Å². The second kappa shape index (κ2) is 6.52. The molecule has 1 N–H and O–H groups in total. The van der Waals surface area contributed by atoms with E-state index in [2.05, 4.69) is 21.1 Å². The minimum absolute atomic E-state index is 0.212. The number of rotatable bonds is 4. The van der Waals surface area contributed by atoms with Crippen molar-refractivity contribution < 1.29 is 18.8 Å². The Morgan fingerprint density at radius 3 is 2.83 bits per heavy atom. The van der Waals surface area contributed by atoms with Gasteiger partial charge in [0.2, 0.25) is 0 Å². The minimum atomic E-state index is -0.448. The lowest BCUT2D eigenvalue weighted by atomic mass is 10.0. The summed E-state index contributed by atoms with van der Waals surface area (Å²) in [6, 6.07) is 11.7. The van der Waals surface area contributed by atoms with Crippen molar-refractivity contribution in [3.8, 4) is 28.3 Å². The van der Waals surface area contributed by atoms with Gasteiger partial charge in [0.15, 0.2) is 5.76 Å². The van der Waals surface area contributed by atoms with Crippen LogP contribution in [0.4, 0.5) is 4.39 Å². The topological polar surface area (TPSA) is 55.5 Å². The maximum Gasteiger partial charge on any atom is 0.175 e. The predicted molar refractivity (Wildman–Crippen MR) is 87.5 cm³/mol. The molecule has 1 aromatic heterocycles. The SMILES string of the molecule is COc1cccc(-c2noc(-c3cc(Br)ccc3F)c2CO)c1. The first-order valence-electron chi connectivity index (χ1n) is 6.83. The van der Waals surface area contributed by atoms with Gasteiger partial charge < -0.3 is 14.4 Å². The van der Waals surface area contributed by atoms with Crippen LogP contribution in [-0.2, 0) is 6.61 Å². The fourth-order valence-electron chi connectivity index (χ4n) is 2.34. The van der Waals surface area contributed by atoms with E-state index in [-0.39, 0.29) is 17.9 Å². The molecule has 0 spiro atoms. The van der Waals surface area contributed by atoms with Gasteiger partial charge in [-0.2, -0.15) is 0 Å². The Kier molecular flexibility index (Phi) is 4.45. The van der Waals surface area contributed by atoms with Gasteiger partial charge >= 0.3 is 0 Å². The average Bonchev–Trinajstić information content (AvgIpc) is 3.00. The van der Waals surface area contributed by atoms with Crippen molar-refractivity contribution in [2.45, 2.75) is 6.61 Å². The summed E-state index contributed by atoms with van der Waals surface area (Å²) < 4.78 is 25.3. The molecule has 0 aliphatic rings. The van der Waals surface area contributed by atoms with Gasteiger partial charge in [0, 0.05) is 10.0 Å². The highest BCUT2D eigenvalue weighted by Crippen LogP contribution is 2.35. The van der Waals surface area contributed by atoms with Gasteiger partial charge in [0.25, 0.3) is 0 Å². The molecule has 0 aliphatic carbocycles. The Hall–Kier alpha value is -2.18. The highest BCUT2D eigenvalue weighted by atomic mass is 79.9. The fourth-order valence-corrected chi connectivity index (χ4v) is 2.70. The van der Waals surface area contributed by atoms with Crippen LogP contribution in [-0.4, -0.2) is 17.4 Å². The summed E-state index contributed by atoms with van der Waals surface area (Å²) in [5, 5.41) is 13.7. The number of benzene rings is 2. The van der Waals surface area contributed by atoms with Crippen molar-refractivity contribution in [1.29, 1.82) is 0 Å². The molecule has 0 amide bonds. The van der Waals surface area contributed by atoms with Crippen LogP contribution in [0.2, 0.25) is 0 Å². The standard InChI is InChI=1S/C17H13BrFNO3/c1-22-12-4-2-3-10(7-12)16-14(9-21)17(23-20-16)13-8-11(18)5-6-15(13)19/h2-8,21H,9H2,1H3. The van der Waals surface area contributed by atoms with Gasteiger partial charge in [0.05, 0.1) is 24.8 Å². The Labute approximate surface area is 140 Å². The van der Waals surface area contributed by atoms with Gasteiger partial charge in [-0.3, -0.25) is 0 Å². The Balaban J connectivity index is 2.15. The van der Waals surface area contributed by atoms with Gasteiger partial charge in [-0.05, 0) is 30.3 Å². The van der Waals surface area contributed by atoms with E-state index in [1.54, 1.807) is 31.4 Å². The number of halogens is 2. The summed E-state index contributed by atoms with van der Waals surface area (Å²) in [5.74, 6) is 0.421. The maximum absolute atomic E-state index is 14.1. The number of hydrogen-bond acceptors (Lipinski definition) is 4. The molecule has 1 heterocycles. The van der Waals surface area contributed by atoms with Crippen molar-refractivity contribution in [3.63, 3.8) is 0 Å². The Morgan fingerprint density at radius 2 is 2.09 bits per heavy atom. The molecule has 3 aromatic rings. The maximum atomic E-state index is 14.1. The average molecular weight is 378 g/mol. The van der Waals surface area contributed by atoms with E-state index in [0.29, 0.717) is 21.5 Å². The molecule has 6 heteroatoms. The molecule has 118 valence electrons. The van der Waals surface area contributed by atoms with Crippen molar-refractivity contribution >= 4 is 15.9 Å². The zero-order valence-corrected chi connectivity index (χ0v) is 13.8. The minimum Gasteiger partial charge on any atom is -0.497 e. The number of aliphatic hydroxyl groups is 1. The molecule has 4 nitrogen and oxygen atoms in total. The van der Waals surface area contributed by atoms with Crippen LogP contribution in [0, 0.1) is 5.82 Å². The van der Waals surface area contributed by atoms with E-state index in [9.17, 15) is 9.50 Å². The van der Waals surface area contributed by atoms with Crippen molar-refractivity contribution in [3.05, 3.63) is 58.3 Å². The largest absolute Gasteiger partial charge is 0.497 e. The molecule has 2 aromatic carbocycles. The van der Waals surface area contributed by atoms with Gasteiger partial charge in [-0.25, -0.2) is 4.39 Å². The first kappa shape index (κ1) is 15.7. The lowest BCUT2D eigenvalue weighted by molar-refractivity contribution is 0.281. The van der Waals surface area contributed by atoms with Gasteiger partial charge in [0.1, 0.15) is 17.3 Å². The Morgan fingerprint density at radius 1 is 1.26 bits per heavy atom. The van der Waals surface area contributed by atoms with Gasteiger partial charge in [-0.15, -0.1) is 0 Å². The molecule has 0 saturated carbocycles. The molecule has 3 rings (SSSR count). The highest BCUT2D eigenvalue weighted by Gasteiger charge is 2.21. The van der Waals surface area contributed by atoms with E-state index in [1.807, 2.05) is 12.1 Å². The highest BCUT2D eigenvalue weighted by molar-refractivity contribution is 9.10. The fraction of sp³-hybridized carbons (Fsp3) is 0.118. The van der Waals surface area contributed by atoms with Crippen molar-refractivity contribution in [2.75, 3.05) is 7.11 Å². The second-order valence-electron chi connectivity index (χ2n) is 4.85. The van der Waals surface area contributed by atoms with E-state index in [4.69, 9.17) is 9.26 Å². The monoisotopic (exact) mass is 377 g/mol. The molecular weight excluding hydrogens is 365 g/mol. The quantitative estimate of drug-likeness (QED) is 0.731. The zero-order chi connectivity index (χ0) is 16.4. The summed E-state index contributed by atoms with van der Waals surface area (Å²) in [7, 11) is 1.57. The molecule has 0 bridgehead atoms. The van der Waals surface area contributed by atoms with E-state index < -0.39 is 5.82 Å². The smallest absolute Gasteiger partial charge is 0.175 e. The van der Waals surface area contributed by atoms with Crippen molar-refractivity contribution in [2.24, 2.45) is 0 Å². The van der Waals surface area contributed by atoms with Gasteiger partial charge in [-0.1, -0.05) is 33.2 Å². The first-order chi connectivity index (χ1) is 11.1. The van der Waals surface area contributed by atoms with Crippen LogP contribution in [0.25, 0.3) is 22.6 Å². The number of aliphatic hydroxyl groups excluding tert-OH is 1. The lowest BCUT2D eigenvalue weighted by Gasteiger charge is -2.05. The van der Waals surface area contributed by atoms with E-state index in [0.717, 1.165) is 5.56 Å². The van der Waals surface area contributed by atoms with Crippen LogP contribution in [0.5, 0.6) is 5.75 Å². The molecule has 0 fully saturated rings. The van der Waals surface area contributed by atoms with Crippen LogP contribution in [0.3, 0.4) is 0 Å². The Bertz CT molecular complexity index is 848. The number of methoxy groups -OCH3 is 1. The third-order valence-corrected chi connectivity index (χ3v) is 3.96. The summed E-state index contributed by atoms with van der Waals surface area (Å²) in [6.45, 7) is -0.322. The van der Waals surface area contributed by atoms with Crippen LogP contribution in [0.15, 0.2) is 51.5 Å². The summed E-state index contributed by atoms with van der Waals surface area (Å²) in [4.78, 5) is 0. The molecule has 0 aliphatic heterocycles. The van der Waals surface area contributed by atoms with Crippen LogP contribution >= 0.6 is 15.9 Å². The summed E-state index contributed by atoms with van der Waals surface area (Å²) in [5.41, 5.74) is 1.85. The third-order valence-electron chi connectivity index (χ3n) is 3.46.